The fourth-order valence-electron chi connectivity index (χ4n) is 3.30. The van der Waals surface area contributed by atoms with Crippen molar-refractivity contribution >= 4 is 28.8 Å². The number of pyridine rings is 1. The van der Waals surface area contributed by atoms with E-state index < -0.39 is 0 Å². The standard InChI is InChI=1S/C21H21ClN4O2S/c1-28-18-4-2-15(3-5-18)20-24-17(14-29-20)13-25-8-10-26(11-9-25)21(27)16-6-7-23-19(22)12-16/h2-7,12,14H,8-11,13H2,1H3. The van der Waals surface area contributed by atoms with Gasteiger partial charge >= 0.3 is 0 Å². The van der Waals surface area contributed by atoms with E-state index in [2.05, 4.69) is 15.3 Å². The molecule has 0 bridgehead atoms. The van der Waals surface area contributed by atoms with Crippen molar-refractivity contribution in [2.75, 3.05) is 33.3 Å². The summed E-state index contributed by atoms with van der Waals surface area (Å²) in [5.41, 5.74) is 2.73. The van der Waals surface area contributed by atoms with Crippen molar-refractivity contribution in [3.8, 4) is 16.3 Å². The number of halogens is 1. The van der Waals surface area contributed by atoms with Crippen molar-refractivity contribution in [2.24, 2.45) is 0 Å². The van der Waals surface area contributed by atoms with E-state index in [4.69, 9.17) is 21.3 Å². The van der Waals surface area contributed by atoms with E-state index in [1.807, 2.05) is 29.2 Å². The van der Waals surface area contributed by atoms with Gasteiger partial charge in [0.15, 0.2) is 0 Å². The number of rotatable bonds is 5. The molecule has 0 radical (unpaired) electrons. The molecule has 3 heterocycles. The smallest absolute Gasteiger partial charge is 0.254 e. The summed E-state index contributed by atoms with van der Waals surface area (Å²) in [6, 6.07) is 11.3. The summed E-state index contributed by atoms with van der Waals surface area (Å²) >= 11 is 7.55. The molecule has 0 N–H and O–H groups in total. The molecule has 0 unspecified atom stereocenters. The SMILES string of the molecule is COc1ccc(-c2nc(CN3CCN(C(=O)c4ccnc(Cl)c4)CC3)cs2)cc1. The number of methoxy groups -OCH3 is 1. The Morgan fingerprint density at radius 3 is 2.62 bits per heavy atom. The first-order valence-electron chi connectivity index (χ1n) is 9.34. The lowest BCUT2D eigenvalue weighted by molar-refractivity contribution is 0.0627. The highest BCUT2D eigenvalue weighted by Crippen LogP contribution is 2.26. The van der Waals surface area contributed by atoms with Crippen molar-refractivity contribution < 1.29 is 9.53 Å². The molecule has 2 aromatic heterocycles. The molecule has 3 aromatic rings. The monoisotopic (exact) mass is 428 g/mol. The van der Waals surface area contributed by atoms with E-state index in [1.54, 1.807) is 36.8 Å². The molecule has 29 heavy (non-hydrogen) atoms. The van der Waals surface area contributed by atoms with Gasteiger partial charge in [-0.3, -0.25) is 9.69 Å². The van der Waals surface area contributed by atoms with Crippen LogP contribution < -0.4 is 4.74 Å². The summed E-state index contributed by atoms with van der Waals surface area (Å²) < 4.78 is 5.21. The van der Waals surface area contributed by atoms with E-state index >= 15 is 0 Å². The van der Waals surface area contributed by atoms with Crippen molar-refractivity contribution in [1.82, 2.24) is 19.8 Å². The van der Waals surface area contributed by atoms with Gasteiger partial charge in [0.2, 0.25) is 0 Å². The molecule has 6 nitrogen and oxygen atoms in total. The first-order chi connectivity index (χ1) is 14.1. The first-order valence-corrected chi connectivity index (χ1v) is 10.6. The number of amides is 1. The molecule has 1 fully saturated rings. The fraction of sp³-hybridized carbons (Fsp3) is 0.286. The van der Waals surface area contributed by atoms with Crippen LogP contribution in [0.4, 0.5) is 0 Å². The van der Waals surface area contributed by atoms with Crippen LogP contribution >= 0.6 is 22.9 Å². The molecule has 8 heteroatoms. The molecule has 0 saturated carbocycles. The zero-order valence-corrected chi connectivity index (χ0v) is 17.6. The van der Waals surface area contributed by atoms with Crippen LogP contribution in [-0.2, 0) is 6.54 Å². The van der Waals surface area contributed by atoms with Crippen LogP contribution in [-0.4, -0.2) is 59.0 Å². The van der Waals surface area contributed by atoms with Gasteiger partial charge in [0.05, 0.1) is 12.8 Å². The molecule has 1 amide bonds. The maximum atomic E-state index is 12.6. The zero-order valence-electron chi connectivity index (χ0n) is 16.0. The Kier molecular flexibility index (Phi) is 6.08. The van der Waals surface area contributed by atoms with E-state index in [-0.39, 0.29) is 5.91 Å². The number of thiazole rings is 1. The Labute approximate surface area is 178 Å². The maximum absolute atomic E-state index is 12.6. The third-order valence-electron chi connectivity index (χ3n) is 4.91. The highest BCUT2D eigenvalue weighted by molar-refractivity contribution is 7.13. The third kappa shape index (κ3) is 4.75. The summed E-state index contributed by atoms with van der Waals surface area (Å²) in [5.74, 6) is 0.844. The molecule has 0 atom stereocenters. The van der Waals surface area contributed by atoms with Gasteiger partial charge in [-0.1, -0.05) is 11.6 Å². The van der Waals surface area contributed by atoms with Gasteiger partial charge in [-0.2, -0.15) is 0 Å². The molecular formula is C21H21ClN4O2S. The van der Waals surface area contributed by atoms with E-state index in [1.165, 1.54) is 0 Å². The van der Waals surface area contributed by atoms with Crippen molar-refractivity contribution in [1.29, 1.82) is 0 Å². The summed E-state index contributed by atoms with van der Waals surface area (Å²) in [7, 11) is 1.66. The van der Waals surface area contributed by atoms with Gasteiger partial charge in [0.1, 0.15) is 15.9 Å². The topological polar surface area (TPSA) is 58.6 Å². The molecule has 150 valence electrons. The average molecular weight is 429 g/mol. The highest BCUT2D eigenvalue weighted by atomic mass is 35.5. The number of carbonyl (C=O) groups is 1. The quantitative estimate of drug-likeness (QED) is 0.578. The van der Waals surface area contributed by atoms with Crippen molar-refractivity contribution in [3.05, 3.63) is 64.4 Å². The van der Waals surface area contributed by atoms with Gasteiger partial charge in [-0.05, 0) is 36.4 Å². The Balaban J connectivity index is 1.33. The Bertz CT molecular complexity index is 984. The molecule has 0 aliphatic carbocycles. The van der Waals surface area contributed by atoms with Gasteiger partial charge in [0.25, 0.3) is 5.91 Å². The predicted molar refractivity (Wildman–Crippen MR) is 115 cm³/mol. The predicted octanol–water partition coefficient (Wildman–Crippen LogP) is 3.83. The Hall–Kier alpha value is -2.48. The summed E-state index contributed by atoms with van der Waals surface area (Å²) in [4.78, 5) is 25.5. The molecule has 1 aliphatic rings. The van der Waals surface area contributed by atoms with Crippen molar-refractivity contribution in [3.63, 3.8) is 0 Å². The van der Waals surface area contributed by atoms with Crippen LogP contribution in [0.3, 0.4) is 0 Å². The number of piperazine rings is 1. The van der Waals surface area contributed by atoms with Gasteiger partial charge in [-0.15, -0.1) is 11.3 Å². The normalized spacial score (nSPS) is 14.8. The number of hydrogen-bond donors (Lipinski definition) is 0. The second-order valence-corrected chi connectivity index (χ2v) is 8.05. The molecular weight excluding hydrogens is 408 g/mol. The van der Waals surface area contributed by atoms with Crippen LogP contribution in [0.15, 0.2) is 48.0 Å². The van der Waals surface area contributed by atoms with E-state index in [9.17, 15) is 4.79 Å². The lowest BCUT2D eigenvalue weighted by Gasteiger charge is -2.34. The lowest BCUT2D eigenvalue weighted by Crippen LogP contribution is -2.48. The number of nitrogens with zero attached hydrogens (tertiary/aromatic N) is 4. The minimum atomic E-state index is 0.00407. The lowest BCUT2D eigenvalue weighted by atomic mass is 10.2. The average Bonchev–Trinajstić information content (AvgIpc) is 3.22. The molecule has 0 spiro atoms. The van der Waals surface area contributed by atoms with Crippen LogP contribution in [0.1, 0.15) is 16.1 Å². The minimum absolute atomic E-state index is 0.00407. The fourth-order valence-corrected chi connectivity index (χ4v) is 4.29. The molecule has 1 aromatic carbocycles. The summed E-state index contributed by atoms with van der Waals surface area (Å²) in [6.07, 6.45) is 1.56. The molecule has 4 rings (SSSR count). The van der Waals surface area contributed by atoms with Gasteiger partial charge < -0.3 is 9.64 Å². The summed E-state index contributed by atoms with van der Waals surface area (Å²) in [5, 5.41) is 3.45. The Morgan fingerprint density at radius 1 is 1.17 bits per heavy atom. The third-order valence-corrected chi connectivity index (χ3v) is 6.05. The van der Waals surface area contributed by atoms with Gasteiger partial charge in [0, 0.05) is 55.4 Å². The number of aromatic nitrogens is 2. The summed E-state index contributed by atoms with van der Waals surface area (Å²) in [6.45, 7) is 3.80. The van der Waals surface area contributed by atoms with Gasteiger partial charge in [-0.25, -0.2) is 9.97 Å². The van der Waals surface area contributed by atoms with Crippen LogP contribution in [0, 0.1) is 0 Å². The molecule has 1 aliphatic heterocycles. The highest BCUT2D eigenvalue weighted by Gasteiger charge is 2.23. The van der Waals surface area contributed by atoms with Crippen LogP contribution in [0.2, 0.25) is 5.15 Å². The maximum Gasteiger partial charge on any atom is 0.254 e. The largest absolute Gasteiger partial charge is 0.497 e. The van der Waals surface area contributed by atoms with Crippen molar-refractivity contribution in [2.45, 2.75) is 6.54 Å². The number of hydrogen-bond acceptors (Lipinski definition) is 6. The van der Waals surface area contributed by atoms with Crippen LogP contribution in [0.25, 0.3) is 10.6 Å². The van der Waals surface area contributed by atoms with Crippen LogP contribution in [0.5, 0.6) is 5.75 Å². The number of ether oxygens (including phenoxy) is 1. The number of benzene rings is 1. The second-order valence-electron chi connectivity index (χ2n) is 6.81. The second kappa shape index (κ2) is 8.90. The number of carbonyl (C=O) groups excluding carboxylic acids is 1. The van der Waals surface area contributed by atoms with E-state index in [0.717, 1.165) is 41.6 Å². The minimum Gasteiger partial charge on any atom is -0.497 e. The molecule has 1 saturated heterocycles. The zero-order chi connectivity index (χ0) is 20.2. The Morgan fingerprint density at radius 2 is 1.93 bits per heavy atom. The van der Waals surface area contributed by atoms with E-state index in [0.29, 0.717) is 23.8 Å². The first kappa shape index (κ1) is 19.8.